The number of aromatic carboxylic acids is 1. The van der Waals surface area contributed by atoms with Gasteiger partial charge in [-0.05, 0) is 36.6 Å². The second-order valence-electron chi connectivity index (χ2n) is 3.92. The highest BCUT2D eigenvalue weighted by atomic mass is 16.4. The molecule has 0 bridgehead atoms. The van der Waals surface area contributed by atoms with E-state index in [0.29, 0.717) is 12.8 Å². The van der Waals surface area contributed by atoms with Crippen LogP contribution in [0.2, 0.25) is 0 Å². The number of hydrogen-bond acceptors (Lipinski definition) is 4. The largest absolute Gasteiger partial charge is 0.475 e. The number of aliphatic hydroxyl groups is 1. The molecule has 2 N–H and O–H groups in total. The number of pyridine rings is 1. The quantitative estimate of drug-likeness (QED) is 0.844. The molecule has 0 radical (unpaired) electrons. The minimum Gasteiger partial charge on any atom is -0.475 e. The van der Waals surface area contributed by atoms with E-state index in [-0.39, 0.29) is 11.5 Å². The van der Waals surface area contributed by atoms with Gasteiger partial charge in [0.25, 0.3) is 0 Å². The van der Waals surface area contributed by atoms with Gasteiger partial charge in [-0.2, -0.15) is 0 Å². The summed E-state index contributed by atoms with van der Waals surface area (Å²) < 4.78 is 5.03. The molecule has 0 saturated carbocycles. The van der Waals surface area contributed by atoms with Crippen LogP contribution in [0, 0.1) is 0 Å². The number of rotatable bonds is 5. The second-order valence-corrected chi connectivity index (χ2v) is 3.92. The highest BCUT2D eigenvalue weighted by Crippen LogP contribution is 2.21. The Kier molecular flexibility index (Phi) is 3.74. The lowest BCUT2D eigenvalue weighted by Gasteiger charge is -2.07. The number of hydrogen-bond donors (Lipinski definition) is 2. The van der Waals surface area contributed by atoms with Gasteiger partial charge in [-0.15, -0.1) is 0 Å². The zero-order chi connectivity index (χ0) is 13.0. The molecule has 94 valence electrons. The summed E-state index contributed by atoms with van der Waals surface area (Å²) >= 11 is 0. The molecule has 0 aliphatic heterocycles. The van der Waals surface area contributed by atoms with Crippen molar-refractivity contribution in [2.45, 2.75) is 18.9 Å². The Bertz CT molecular complexity index is 521. The first-order valence-corrected chi connectivity index (χ1v) is 5.57. The summed E-state index contributed by atoms with van der Waals surface area (Å²) in [5.74, 6) is -1.03. The molecule has 0 fully saturated rings. The minimum atomic E-state index is -1.14. The molecule has 0 aliphatic rings. The highest BCUT2D eigenvalue weighted by molar-refractivity contribution is 5.84. The number of furan rings is 1. The smallest absolute Gasteiger partial charge is 0.371 e. The Morgan fingerprint density at radius 2 is 2.22 bits per heavy atom. The zero-order valence-corrected chi connectivity index (χ0v) is 9.61. The third-order valence-corrected chi connectivity index (χ3v) is 2.60. The molecular formula is C13H13NO4. The van der Waals surface area contributed by atoms with Crippen molar-refractivity contribution in [1.29, 1.82) is 0 Å². The Morgan fingerprint density at radius 3 is 2.83 bits per heavy atom. The van der Waals surface area contributed by atoms with E-state index in [1.54, 1.807) is 12.4 Å². The number of aliphatic hydroxyl groups excluding tert-OH is 1. The van der Waals surface area contributed by atoms with Crippen LogP contribution in [0.4, 0.5) is 0 Å². The molecule has 2 aromatic rings. The van der Waals surface area contributed by atoms with E-state index in [1.807, 2.05) is 12.1 Å². The first-order chi connectivity index (χ1) is 8.66. The molecule has 18 heavy (non-hydrogen) atoms. The Labute approximate surface area is 104 Å². The van der Waals surface area contributed by atoms with Gasteiger partial charge in [-0.3, -0.25) is 4.98 Å². The molecule has 2 aromatic heterocycles. The third-order valence-electron chi connectivity index (χ3n) is 2.60. The monoisotopic (exact) mass is 247 g/mol. The average molecular weight is 247 g/mol. The Morgan fingerprint density at radius 1 is 1.39 bits per heavy atom. The van der Waals surface area contributed by atoms with Gasteiger partial charge in [0.05, 0.1) is 0 Å². The molecule has 0 spiro atoms. The molecule has 0 aromatic carbocycles. The lowest BCUT2D eigenvalue weighted by molar-refractivity contribution is 0.0650. The van der Waals surface area contributed by atoms with Crippen LogP contribution in [-0.4, -0.2) is 21.2 Å². The van der Waals surface area contributed by atoms with Gasteiger partial charge in [0.2, 0.25) is 5.76 Å². The lowest BCUT2D eigenvalue weighted by atomic mass is 10.1. The summed E-state index contributed by atoms with van der Waals surface area (Å²) in [5.41, 5.74) is 1.02. The van der Waals surface area contributed by atoms with Crippen LogP contribution in [0.1, 0.15) is 34.4 Å². The third kappa shape index (κ3) is 2.95. The summed E-state index contributed by atoms with van der Waals surface area (Å²) in [4.78, 5) is 14.6. The van der Waals surface area contributed by atoms with Crippen LogP contribution in [-0.2, 0) is 6.42 Å². The average Bonchev–Trinajstić information content (AvgIpc) is 2.87. The van der Waals surface area contributed by atoms with Gasteiger partial charge in [-0.25, -0.2) is 4.79 Å². The summed E-state index contributed by atoms with van der Waals surface area (Å²) in [6.45, 7) is 0. The Balaban J connectivity index is 1.95. The van der Waals surface area contributed by atoms with Crippen LogP contribution in [0.15, 0.2) is 41.1 Å². The molecule has 5 heteroatoms. The summed E-state index contributed by atoms with van der Waals surface area (Å²) in [7, 11) is 0. The number of carboxylic acid groups (broad SMARTS) is 1. The fourth-order valence-corrected chi connectivity index (χ4v) is 1.64. The number of aromatic nitrogens is 1. The van der Waals surface area contributed by atoms with Crippen LogP contribution >= 0.6 is 0 Å². The Hall–Kier alpha value is -2.14. The van der Waals surface area contributed by atoms with Crippen molar-refractivity contribution in [2.75, 3.05) is 0 Å². The molecule has 0 aliphatic carbocycles. The van der Waals surface area contributed by atoms with Crippen molar-refractivity contribution >= 4 is 5.97 Å². The summed E-state index contributed by atoms with van der Waals surface area (Å²) in [6, 6.07) is 6.57. The van der Waals surface area contributed by atoms with Gasteiger partial charge in [0.15, 0.2) is 0 Å². The predicted molar refractivity (Wildman–Crippen MR) is 63.2 cm³/mol. The van der Waals surface area contributed by atoms with Gasteiger partial charge < -0.3 is 14.6 Å². The van der Waals surface area contributed by atoms with Crippen molar-refractivity contribution in [3.8, 4) is 0 Å². The van der Waals surface area contributed by atoms with Crippen LogP contribution in [0.3, 0.4) is 0 Å². The molecule has 0 amide bonds. The zero-order valence-electron chi connectivity index (χ0n) is 9.61. The first-order valence-electron chi connectivity index (χ1n) is 5.57. The maximum absolute atomic E-state index is 10.6. The molecule has 5 nitrogen and oxygen atoms in total. The van der Waals surface area contributed by atoms with Gasteiger partial charge >= 0.3 is 5.97 Å². The van der Waals surface area contributed by atoms with Crippen LogP contribution in [0.5, 0.6) is 0 Å². The van der Waals surface area contributed by atoms with E-state index in [4.69, 9.17) is 9.52 Å². The number of carbonyl (C=O) groups is 1. The normalized spacial score (nSPS) is 12.3. The van der Waals surface area contributed by atoms with Crippen molar-refractivity contribution in [1.82, 2.24) is 4.98 Å². The molecule has 2 rings (SSSR count). The van der Waals surface area contributed by atoms with Crippen molar-refractivity contribution < 1.29 is 19.4 Å². The van der Waals surface area contributed by atoms with Crippen molar-refractivity contribution in [3.63, 3.8) is 0 Å². The fourth-order valence-electron chi connectivity index (χ4n) is 1.64. The standard InChI is InChI=1S/C13H13NO4/c15-10(4-3-9-2-1-7-14-8-9)11-5-6-12(18-11)13(16)17/h1-2,5-8,10,15H,3-4H2,(H,16,17). The minimum absolute atomic E-state index is 0.162. The molecule has 1 unspecified atom stereocenters. The molecule has 2 heterocycles. The number of carboxylic acids is 1. The van der Waals surface area contributed by atoms with Gasteiger partial charge in [-0.1, -0.05) is 6.07 Å². The van der Waals surface area contributed by atoms with Crippen LogP contribution in [0.25, 0.3) is 0 Å². The second kappa shape index (κ2) is 5.46. The maximum atomic E-state index is 10.6. The van der Waals surface area contributed by atoms with E-state index >= 15 is 0 Å². The van der Waals surface area contributed by atoms with E-state index in [9.17, 15) is 9.90 Å². The molecule has 0 saturated heterocycles. The predicted octanol–water partition coefficient (Wildman–Crippen LogP) is 2.04. The lowest BCUT2D eigenvalue weighted by Crippen LogP contribution is -1.99. The number of aryl methyl sites for hydroxylation is 1. The van der Waals surface area contributed by atoms with E-state index in [2.05, 4.69) is 4.98 Å². The van der Waals surface area contributed by atoms with Crippen molar-refractivity contribution in [2.24, 2.45) is 0 Å². The maximum Gasteiger partial charge on any atom is 0.371 e. The van der Waals surface area contributed by atoms with E-state index < -0.39 is 12.1 Å². The molecule has 1 atom stereocenters. The fraction of sp³-hybridized carbons (Fsp3) is 0.231. The van der Waals surface area contributed by atoms with E-state index in [1.165, 1.54) is 12.1 Å². The highest BCUT2D eigenvalue weighted by Gasteiger charge is 2.15. The molecular weight excluding hydrogens is 234 g/mol. The summed E-state index contributed by atoms with van der Waals surface area (Å²) in [6.07, 6.45) is 3.72. The van der Waals surface area contributed by atoms with Gasteiger partial charge in [0.1, 0.15) is 11.9 Å². The SMILES string of the molecule is O=C(O)c1ccc(C(O)CCc2cccnc2)o1. The topological polar surface area (TPSA) is 83.6 Å². The first kappa shape index (κ1) is 12.3. The number of nitrogens with zero attached hydrogens (tertiary/aromatic N) is 1. The van der Waals surface area contributed by atoms with Crippen LogP contribution < -0.4 is 0 Å². The van der Waals surface area contributed by atoms with Crippen molar-refractivity contribution in [3.05, 3.63) is 53.7 Å². The van der Waals surface area contributed by atoms with Gasteiger partial charge in [0, 0.05) is 12.4 Å². The van der Waals surface area contributed by atoms with E-state index in [0.717, 1.165) is 5.56 Å². The summed E-state index contributed by atoms with van der Waals surface area (Å²) in [5, 5.41) is 18.6.